The van der Waals surface area contributed by atoms with E-state index in [2.05, 4.69) is 32.0 Å². The largest absolute Gasteiger partial charge is 0.382 e. The monoisotopic (exact) mass is 345 g/mol. The van der Waals surface area contributed by atoms with Crippen LogP contribution in [0, 0.1) is 11.3 Å². The van der Waals surface area contributed by atoms with Crippen molar-refractivity contribution in [3.8, 4) is 6.07 Å². The molecule has 0 fully saturated rings. The van der Waals surface area contributed by atoms with Gasteiger partial charge in [0.2, 0.25) is 10.0 Å². The summed E-state index contributed by atoms with van der Waals surface area (Å²) in [5, 5.41) is 12.1. The van der Waals surface area contributed by atoms with Gasteiger partial charge in [0.25, 0.3) is 0 Å². The third-order valence-corrected chi connectivity index (χ3v) is 3.70. The van der Waals surface area contributed by atoms with E-state index in [0.717, 1.165) is 10.7 Å². The molecule has 0 radical (unpaired) electrons. The SMILES string of the molecule is CC(C)(CNc1cc(Br)ccc1C#N)NS(C)(=O)=O. The normalized spacial score (nSPS) is 11.9. The van der Waals surface area contributed by atoms with E-state index in [-0.39, 0.29) is 0 Å². The fraction of sp³-hybridized carbons (Fsp3) is 0.417. The highest BCUT2D eigenvalue weighted by molar-refractivity contribution is 9.10. The molecule has 0 aliphatic carbocycles. The quantitative estimate of drug-likeness (QED) is 0.855. The van der Waals surface area contributed by atoms with Crippen molar-refractivity contribution in [3.05, 3.63) is 28.2 Å². The highest BCUT2D eigenvalue weighted by Crippen LogP contribution is 2.21. The number of hydrogen-bond donors (Lipinski definition) is 2. The average molecular weight is 346 g/mol. The third kappa shape index (κ3) is 5.59. The van der Waals surface area contributed by atoms with Gasteiger partial charge in [0.15, 0.2) is 0 Å². The lowest BCUT2D eigenvalue weighted by Gasteiger charge is -2.26. The van der Waals surface area contributed by atoms with Gasteiger partial charge in [-0.05, 0) is 32.0 Å². The van der Waals surface area contributed by atoms with Crippen LogP contribution in [0.25, 0.3) is 0 Å². The third-order valence-electron chi connectivity index (χ3n) is 2.28. The topological polar surface area (TPSA) is 82.0 Å². The average Bonchev–Trinajstić information content (AvgIpc) is 2.23. The van der Waals surface area contributed by atoms with Crippen molar-refractivity contribution in [1.82, 2.24) is 4.72 Å². The Bertz CT molecular complexity index is 606. The molecule has 1 aromatic carbocycles. The summed E-state index contributed by atoms with van der Waals surface area (Å²) in [6.45, 7) is 3.90. The van der Waals surface area contributed by atoms with Gasteiger partial charge in [0.05, 0.1) is 17.5 Å². The molecule has 0 bridgehead atoms. The standard InChI is InChI=1S/C12H16BrN3O2S/c1-12(2,16-19(3,17)18)8-15-11-6-10(13)5-4-9(11)7-14/h4-6,15-16H,8H2,1-3H3. The number of sulfonamides is 1. The number of benzene rings is 1. The molecule has 0 amide bonds. The lowest BCUT2D eigenvalue weighted by Crippen LogP contribution is -2.47. The summed E-state index contributed by atoms with van der Waals surface area (Å²) in [6.07, 6.45) is 1.12. The summed E-state index contributed by atoms with van der Waals surface area (Å²) in [7, 11) is -3.27. The van der Waals surface area contributed by atoms with Gasteiger partial charge in [-0.15, -0.1) is 0 Å². The zero-order valence-corrected chi connectivity index (χ0v) is 13.4. The highest BCUT2D eigenvalue weighted by Gasteiger charge is 2.22. The maximum Gasteiger partial charge on any atom is 0.209 e. The van der Waals surface area contributed by atoms with Crippen LogP contribution in [-0.2, 0) is 10.0 Å². The van der Waals surface area contributed by atoms with E-state index in [0.29, 0.717) is 17.8 Å². The molecule has 19 heavy (non-hydrogen) atoms. The molecular weight excluding hydrogens is 330 g/mol. The highest BCUT2D eigenvalue weighted by atomic mass is 79.9. The molecule has 0 spiro atoms. The van der Waals surface area contributed by atoms with Crippen molar-refractivity contribution in [2.24, 2.45) is 0 Å². The molecule has 0 aliphatic heterocycles. The molecule has 104 valence electrons. The number of hydrogen-bond acceptors (Lipinski definition) is 4. The summed E-state index contributed by atoms with van der Waals surface area (Å²) in [5.74, 6) is 0. The van der Waals surface area contributed by atoms with Gasteiger partial charge in [-0.25, -0.2) is 13.1 Å². The van der Waals surface area contributed by atoms with Crippen molar-refractivity contribution in [2.75, 3.05) is 18.1 Å². The molecule has 1 aromatic rings. The van der Waals surface area contributed by atoms with Gasteiger partial charge in [0.1, 0.15) is 6.07 Å². The van der Waals surface area contributed by atoms with Crippen LogP contribution in [0.3, 0.4) is 0 Å². The van der Waals surface area contributed by atoms with Crippen LogP contribution in [0.15, 0.2) is 22.7 Å². The van der Waals surface area contributed by atoms with Gasteiger partial charge in [-0.3, -0.25) is 0 Å². The molecule has 1 rings (SSSR count). The molecule has 0 unspecified atom stereocenters. The van der Waals surface area contributed by atoms with E-state index in [1.165, 1.54) is 0 Å². The minimum Gasteiger partial charge on any atom is -0.382 e. The van der Waals surface area contributed by atoms with E-state index >= 15 is 0 Å². The fourth-order valence-electron chi connectivity index (χ4n) is 1.61. The Kier molecular flexibility index (Phi) is 4.96. The first-order valence-corrected chi connectivity index (χ1v) is 8.24. The Balaban J connectivity index is 2.82. The van der Waals surface area contributed by atoms with Crippen LogP contribution in [0.4, 0.5) is 5.69 Å². The lowest BCUT2D eigenvalue weighted by atomic mass is 10.1. The molecule has 5 nitrogen and oxygen atoms in total. The summed E-state index contributed by atoms with van der Waals surface area (Å²) in [6, 6.07) is 7.35. The zero-order chi connectivity index (χ0) is 14.7. The number of anilines is 1. The van der Waals surface area contributed by atoms with Crippen LogP contribution >= 0.6 is 15.9 Å². The summed E-state index contributed by atoms with van der Waals surface area (Å²) in [4.78, 5) is 0. The Hall–Kier alpha value is -1.10. The summed E-state index contributed by atoms with van der Waals surface area (Å²) in [5.41, 5.74) is 0.529. The van der Waals surface area contributed by atoms with Crippen molar-refractivity contribution < 1.29 is 8.42 Å². The summed E-state index contributed by atoms with van der Waals surface area (Å²) < 4.78 is 25.9. The number of halogens is 1. The van der Waals surface area contributed by atoms with E-state index in [1.54, 1.807) is 32.0 Å². The molecule has 0 saturated carbocycles. The molecule has 0 atom stereocenters. The van der Waals surface area contributed by atoms with E-state index in [9.17, 15) is 8.42 Å². The van der Waals surface area contributed by atoms with Gasteiger partial charge in [-0.1, -0.05) is 15.9 Å². The molecule has 0 aliphatic rings. The van der Waals surface area contributed by atoms with Crippen molar-refractivity contribution in [3.63, 3.8) is 0 Å². The Morgan fingerprint density at radius 3 is 2.58 bits per heavy atom. The first kappa shape index (κ1) is 16.0. The second kappa shape index (κ2) is 5.90. The number of nitrogens with one attached hydrogen (secondary N) is 2. The predicted molar refractivity (Wildman–Crippen MR) is 79.4 cm³/mol. The van der Waals surface area contributed by atoms with E-state index in [4.69, 9.17) is 5.26 Å². The lowest BCUT2D eigenvalue weighted by molar-refractivity contribution is 0.476. The zero-order valence-electron chi connectivity index (χ0n) is 11.0. The van der Waals surface area contributed by atoms with E-state index < -0.39 is 15.6 Å². The van der Waals surface area contributed by atoms with Crippen LogP contribution in [0.2, 0.25) is 0 Å². The van der Waals surface area contributed by atoms with Crippen LogP contribution < -0.4 is 10.0 Å². The van der Waals surface area contributed by atoms with Crippen LogP contribution in [0.1, 0.15) is 19.4 Å². The second-order valence-corrected chi connectivity index (χ2v) is 7.58. The van der Waals surface area contributed by atoms with E-state index in [1.807, 2.05) is 0 Å². The van der Waals surface area contributed by atoms with Crippen LogP contribution in [-0.4, -0.2) is 26.8 Å². The fourth-order valence-corrected chi connectivity index (χ4v) is 3.05. The number of rotatable bonds is 5. The van der Waals surface area contributed by atoms with Crippen LogP contribution in [0.5, 0.6) is 0 Å². The van der Waals surface area contributed by atoms with Crippen molar-refractivity contribution >= 4 is 31.6 Å². The number of nitrogens with zero attached hydrogens (tertiary/aromatic N) is 1. The summed E-state index contributed by atoms with van der Waals surface area (Å²) >= 11 is 3.33. The first-order chi connectivity index (χ1) is 8.63. The molecule has 2 N–H and O–H groups in total. The second-order valence-electron chi connectivity index (χ2n) is 4.91. The van der Waals surface area contributed by atoms with Gasteiger partial charge in [-0.2, -0.15) is 5.26 Å². The van der Waals surface area contributed by atoms with Gasteiger partial charge < -0.3 is 5.32 Å². The smallest absolute Gasteiger partial charge is 0.209 e. The molecule has 0 aromatic heterocycles. The van der Waals surface area contributed by atoms with Gasteiger partial charge >= 0.3 is 0 Å². The molecule has 7 heteroatoms. The number of nitriles is 1. The maximum atomic E-state index is 11.2. The maximum absolute atomic E-state index is 11.2. The van der Waals surface area contributed by atoms with Crippen molar-refractivity contribution in [2.45, 2.75) is 19.4 Å². The molecule has 0 saturated heterocycles. The Labute approximate surface area is 122 Å². The van der Waals surface area contributed by atoms with Gasteiger partial charge in [0, 0.05) is 16.6 Å². The minimum absolute atomic E-state index is 0.366. The Morgan fingerprint density at radius 1 is 1.42 bits per heavy atom. The first-order valence-electron chi connectivity index (χ1n) is 5.55. The minimum atomic E-state index is -3.27. The molecular formula is C12H16BrN3O2S. The molecule has 0 heterocycles. The predicted octanol–water partition coefficient (Wildman–Crippen LogP) is 2.06. The van der Waals surface area contributed by atoms with Crippen molar-refractivity contribution in [1.29, 1.82) is 5.26 Å². The Morgan fingerprint density at radius 2 is 2.05 bits per heavy atom.